The molecule has 0 atom stereocenters. The number of hydrogen-bond acceptors (Lipinski definition) is 14. The molecule has 2 saturated carbocycles. The van der Waals surface area contributed by atoms with E-state index in [2.05, 4.69) is 9.97 Å². The summed E-state index contributed by atoms with van der Waals surface area (Å²) in [6.45, 7) is 3.13. The third kappa shape index (κ3) is 12.2. The van der Waals surface area contributed by atoms with Crippen LogP contribution in [-0.4, -0.2) is 86.6 Å². The first kappa shape index (κ1) is 48.0. The van der Waals surface area contributed by atoms with Crippen molar-refractivity contribution in [2.75, 3.05) is 60.0 Å². The van der Waals surface area contributed by atoms with Gasteiger partial charge in [-0.1, -0.05) is 35.3 Å². The van der Waals surface area contributed by atoms with E-state index in [1.807, 2.05) is 30.3 Å². The minimum atomic E-state index is 0.0411. The van der Waals surface area contributed by atoms with Gasteiger partial charge in [-0.15, -0.1) is 0 Å². The van der Waals surface area contributed by atoms with E-state index in [0.717, 1.165) is 43.2 Å². The van der Waals surface area contributed by atoms with Crippen LogP contribution in [-0.2, 0) is 27.2 Å². The van der Waals surface area contributed by atoms with Crippen LogP contribution in [0.25, 0.3) is 21.8 Å². The number of halogens is 2. The largest absolute Gasteiger partial charge is 0.489 e. The van der Waals surface area contributed by atoms with E-state index in [9.17, 15) is 9.59 Å². The number of aliphatic hydroxyl groups excluding tert-OH is 1. The van der Waals surface area contributed by atoms with Gasteiger partial charge >= 0.3 is 0 Å². The maximum Gasteiger partial charge on any atom is 0.204 e. The van der Waals surface area contributed by atoms with Crippen LogP contribution in [0.1, 0.15) is 62.5 Å². The number of fused-ring (bicyclic) bond motifs is 6. The molecule has 4 aliphatic rings. The lowest BCUT2D eigenvalue weighted by atomic mass is 10.0. The molecule has 1 N–H and O–H groups in total. The van der Waals surface area contributed by atoms with E-state index in [1.54, 1.807) is 49.8 Å². The fourth-order valence-electron chi connectivity index (χ4n) is 8.15. The zero-order chi connectivity index (χ0) is 47.7. The number of ether oxygens (including phenoxy) is 9. The van der Waals surface area contributed by atoms with Gasteiger partial charge in [-0.25, -0.2) is 0 Å². The van der Waals surface area contributed by atoms with E-state index in [1.165, 1.54) is 0 Å². The lowest BCUT2D eigenvalue weighted by Crippen LogP contribution is -2.17. The predicted molar refractivity (Wildman–Crippen MR) is 260 cm³/mol. The van der Waals surface area contributed by atoms with E-state index in [0.29, 0.717) is 180 Å². The molecule has 0 unspecified atom stereocenters. The summed E-state index contributed by atoms with van der Waals surface area (Å²) in [7, 11) is 1.66. The fraction of sp³-hybridized carbons (Fsp3) is 0.396. The van der Waals surface area contributed by atoms with Gasteiger partial charge in [0.1, 0.15) is 61.0 Å². The number of carbonyl (C=O) groups is 2. The third-order valence-electron chi connectivity index (χ3n) is 11.9. The molecule has 0 bridgehead atoms. The molecule has 16 heteroatoms. The highest BCUT2D eigenvalue weighted by atomic mass is 35.5. The molecule has 4 aromatic carbocycles. The van der Waals surface area contributed by atoms with Crippen molar-refractivity contribution in [3.8, 4) is 57.5 Å². The van der Waals surface area contributed by atoms with Gasteiger partial charge in [-0.3, -0.25) is 19.6 Å². The SMILES string of the molecule is COCCCOc1cc2nccc(Oc3ccc(CC(=O)CC4CC4)c(Cl)c3)c2c2c1OCCO2.O=C(Cc1ccc(Oc2ccnc3cc(OCCCO)c4c(c23)OCCO4)cc1Cl)CC1CC1. The van der Waals surface area contributed by atoms with Crippen molar-refractivity contribution >= 4 is 56.6 Å². The molecule has 10 rings (SSSR count). The fourth-order valence-corrected chi connectivity index (χ4v) is 8.62. The Morgan fingerprint density at radius 3 is 1.46 bits per heavy atom. The Morgan fingerprint density at radius 2 is 1.04 bits per heavy atom. The number of Topliss-reactive ketones (excluding diaryl/α,β-unsaturated/α-hetero) is 2. The molecule has 362 valence electrons. The standard InChI is InChI=1S/C27H28ClNO6.C26H26ClNO6/c1-31-9-2-10-32-24-16-22-25(27-26(24)33-11-12-34-27)23(7-8-29-22)35-20-6-5-18(21(28)15-20)14-19(30)13-17-3-4-17;27-20-14-19(5-4-17(20)13-18(30)12-16-2-3-16)34-22-6-7-28-21-15-23(31-9-1-8-29)25-26(24(21)22)33-11-10-32-25/h5-8,15-17H,2-4,9-14H2,1H3;4-7,14-16,29H,1-3,8-13H2. The number of benzene rings is 4. The van der Waals surface area contributed by atoms with Gasteiger partial charge in [0.15, 0.2) is 23.0 Å². The van der Waals surface area contributed by atoms with Crippen molar-refractivity contribution in [2.24, 2.45) is 11.8 Å². The molecule has 2 fully saturated rings. The number of nitrogens with zero attached hydrogens (tertiary/aromatic N) is 2. The first-order valence-corrected chi connectivity index (χ1v) is 24.2. The van der Waals surface area contributed by atoms with Gasteiger partial charge in [0.2, 0.25) is 11.5 Å². The van der Waals surface area contributed by atoms with Gasteiger partial charge in [-0.05, 0) is 85.0 Å². The summed E-state index contributed by atoms with van der Waals surface area (Å²) in [5.41, 5.74) is 2.92. The summed E-state index contributed by atoms with van der Waals surface area (Å²) in [5.74, 6) is 6.99. The molecule has 0 radical (unpaired) electrons. The Kier molecular flexibility index (Phi) is 15.7. The summed E-state index contributed by atoms with van der Waals surface area (Å²) in [6, 6.07) is 18.0. The summed E-state index contributed by atoms with van der Waals surface area (Å²) >= 11 is 13.0. The molecule has 4 heterocycles. The highest BCUT2D eigenvalue weighted by Crippen LogP contribution is 2.50. The lowest BCUT2D eigenvalue weighted by molar-refractivity contribution is -0.119. The highest BCUT2D eigenvalue weighted by Gasteiger charge is 2.28. The van der Waals surface area contributed by atoms with Crippen LogP contribution in [0.2, 0.25) is 10.0 Å². The Labute approximate surface area is 410 Å². The van der Waals surface area contributed by atoms with E-state index in [4.69, 9.17) is 70.9 Å². The summed E-state index contributed by atoms with van der Waals surface area (Å²) in [4.78, 5) is 33.5. The number of aromatic nitrogens is 2. The second-order valence-corrected chi connectivity index (χ2v) is 18.2. The van der Waals surface area contributed by atoms with Crippen molar-refractivity contribution in [1.82, 2.24) is 9.97 Å². The van der Waals surface area contributed by atoms with Gasteiger partial charge < -0.3 is 47.7 Å². The second-order valence-electron chi connectivity index (χ2n) is 17.4. The zero-order valence-electron chi connectivity index (χ0n) is 38.4. The predicted octanol–water partition coefficient (Wildman–Crippen LogP) is 10.9. The van der Waals surface area contributed by atoms with E-state index >= 15 is 0 Å². The van der Waals surface area contributed by atoms with Crippen LogP contribution in [0, 0.1) is 11.8 Å². The monoisotopic (exact) mass is 980 g/mol. The van der Waals surface area contributed by atoms with Crippen molar-refractivity contribution in [1.29, 1.82) is 0 Å². The molecule has 69 heavy (non-hydrogen) atoms. The minimum Gasteiger partial charge on any atom is -0.489 e. The van der Waals surface area contributed by atoms with Crippen LogP contribution in [0.15, 0.2) is 73.1 Å². The maximum atomic E-state index is 12.3. The minimum absolute atomic E-state index is 0.0411. The topological polar surface area (TPSA) is 163 Å². The Hall–Kier alpha value is -6.06. The molecular formula is C53H54Cl2N2O12. The quantitative estimate of drug-likeness (QED) is 0.0678. The molecule has 14 nitrogen and oxygen atoms in total. The van der Waals surface area contributed by atoms with Crippen molar-refractivity contribution in [3.63, 3.8) is 0 Å². The highest BCUT2D eigenvalue weighted by molar-refractivity contribution is 6.32. The Morgan fingerprint density at radius 1 is 0.594 bits per heavy atom. The first-order chi connectivity index (χ1) is 33.7. The number of methoxy groups -OCH3 is 1. The molecule has 2 aliphatic heterocycles. The molecule has 2 aliphatic carbocycles. The first-order valence-electron chi connectivity index (χ1n) is 23.5. The lowest BCUT2D eigenvalue weighted by Gasteiger charge is -2.23. The summed E-state index contributed by atoms with van der Waals surface area (Å²) in [5, 5.41) is 11.4. The van der Waals surface area contributed by atoms with Crippen LogP contribution in [0.5, 0.6) is 57.5 Å². The van der Waals surface area contributed by atoms with Gasteiger partial charge in [0.25, 0.3) is 0 Å². The van der Waals surface area contributed by atoms with Crippen LogP contribution in [0.3, 0.4) is 0 Å². The number of aliphatic hydroxyl groups is 1. The zero-order valence-corrected chi connectivity index (χ0v) is 39.9. The van der Waals surface area contributed by atoms with Crippen LogP contribution < -0.4 is 37.9 Å². The number of hydrogen-bond donors (Lipinski definition) is 1. The van der Waals surface area contributed by atoms with Gasteiger partial charge in [-0.2, -0.15) is 0 Å². The molecular weight excluding hydrogens is 927 g/mol. The Bertz CT molecular complexity index is 2820. The van der Waals surface area contributed by atoms with Crippen LogP contribution >= 0.6 is 23.2 Å². The van der Waals surface area contributed by atoms with Crippen molar-refractivity contribution in [3.05, 3.63) is 94.2 Å². The number of pyridine rings is 2. The van der Waals surface area contributed by atoms with Crippen molar-refractivity contribution in [2.45, 2.75) is 64.2 Å². The second kappa shape index (κ2) is 22.6. The number of rotatable bonds is 21. The normalized spacial score (nSPS) is 14.7. The van der Waals surface area contributed by atoms with Crippen LogP contribution in [0.4, 0.5) is 0 Å². The van der Waals surface area contributed by atoms with Gasteiger partial charge in [0, 0.05) is 93.4 Å². The van der Waals surface area contributed by atoms with Crippen molar-refractivity contribution < 1.29 is 57.3 Å². The third-order valence-corrected chi connectivity index (χ3v) is 12.6. The van der Waals surface area contributed by atoms with E-state index < -0.39 is 0 Å². The molecule has 2 aromatic heterocycles. The molecule has 0 saturated heterocycles. The maximum absolute atomic E-state index is 12.3. The molecule has 0 amide bonds. The number of ketones is 2. The Balaban J connectivity index is 0.000000172. The van der Waals surface area contributed by atoms with E-state index in [-0.39, 0.29) is 18.2 Å². The number of carbonyl (C=O) groups excluding carboxylic acids is 2. The smallest absolute Gasteiger partial charge is 0.204 e. The summed E-state index contributed by atoms with van der Waals surface area (Å²) < 4.78 is 53.0. The molecule has 0 spiro atoms. The average Bonchev–Trinajstić information content (AvgIpc) is 4.31. The average molecular weight is 982 g/mol. The van der Waals surface area contributed by atoms with Gasteiger partial charge in [0.05, 0.1) is 35.0 Å². The summed E-state index contributed by atoms with van der Waals surface area (Å²) in [6.07, 6.45) is 11.2. The molecule has 6 aromatic rings.